The predicted molar refractivity (Wildman–Crippen MR) is 108 cm³/mol. The third-order valence-electron chi connectivity index (χ3n) is 5.16. The molecule has 6 heteroatoms. The molecule has 144 valence electrons. The highest BCUT2D eigenvalue weighted by molar-refractivity contribution is 5.94. The number of β-amino-alcohol motifs (C(OH)–C–C–N with tert-alkyl or cyclic N) is 1. The van der Waals surface area contributed by atoms with E-state index in [-0.39, 0.29) is 12.5 Å². The van der Waals surface area contributed by atoms with Crippen LogP contribution in [0.1, 0.15) is 22.3 Å². The Kier molecular flexibility index (Phi) is 5.23. The van der Waals surface area contributed by atoms with Gasteiger partial charge < -0.3 is 20.3 Å². The van der Waals surface area contributed by atoms with E-state index in [4.69, 9.17) is 0 Å². The molecular weight excluding hydrogens is 352 g/mol. The van der Waals surface area contributed by atoms with Crippen LogP contribution < -0.4 is 10.6 Å². The molecule has 1 aliphatic rings. The molecule has 3 aromatic rings. The maximum atomic E-state index is 12.3. The predicted octanol–water partition coefficient (Wildman–Crippen LogP) is 2.05. The molecule has 0 aliphatic carbocycles. The van der Waals surface area contributed by atoms with Gasteiger partial charge in [-0.2, -0.15) is 0 Å². The van der Waals surface area contributed by atoms with Gasteiger partial charge in [-0.1, -0.05) is 36.4 Å². The minimum Gasteiger partial charge on any atom is -0.387 e. The molecule has 0 bridgehead atoms. The van der Waals surface area contributed by atoms with Crippen molar-refractivity contribution in [2.24, 2.45) is 0 Å². The van der Waals surface area contributed by atoms with E-state index in [9.17, 15) is 9.90 Å². The van der Waals surface area contributed by atoms with Crippen molar-refractivity contribution in [1.29, 1.82) is 0 Å². The Bertz CT molecular complexity index is 912. The lowest BCUT2D eigenvalue weighted by molar-refractivity contribution is 0.0562. The average Bonchev–Trinajstić information content (AvgIpc) is 3.39. The Morgan fingerprint density at radius 1 is 1.14 bits per heavy atom. The van der Waals surface area contributed by atoms with Crippen LogP contribution in [-0.2, 0) is 6.54 Å². The molecule has 0 unspecified atom stereocenters. The van der Waals surface area contributed by atoms with E-state index in [0.717, 1.165) is 24.2 Å². The zero-order valence-electron chi connectivity index (χ0n) is 15.6. The maximum absolute atomic E-state index is 12.3. The second kappa shape index (κ2) is 7.96. The molecule has 0 radical (unpaired) electrons. The fourth-order valence-electron chi connectivity index (χ4n) is 3.44. The molecule has 2 aromatic carbocycles. The van der Waals surface area contributed by atoms with Gasteiger partial charge in [0.25, 0.3) is 5.91 Å². The summed E-state index contributed by atoms with van der Waals surface area (Å²) < 4.78 is 2.03. The summed E-state index contributed by atoms with van der Waals surface area (Å²) in [7, 11) is 0. The first kappa shape index (κ1) is 18.4. The van der Waals surface area contributed by atoms with Crippen LogP contribution in [0.3, 0.4) is 0 Å². The number of rotatable bonds is 6. The van der Waals surface area contributed by atoms with Gasteiger partial charge in [-0.25, -0.2) is 4.98 Å². The molecule has 0 spiro atoms. The van der Waals surface area contributed by atoms with E-state index in [0.29, 0.717) is 18.5 Å². The molecule has 1 fully saturated rings. The SMILES string of the molecule is O=C(NC[C@@]1(O)CCNC1)c1ccc(-c2ccc(Cn3ccnc3)cc2)cc1. The van der Waals surface area contributed by atoms with Gasteiger partial charge in [0, 0.05) is 37.6 Å². The summed E-state index contributed by atoms with van der Waals surface area (Å²) in [4.78, 5) is 16.4. The first-order valence-corrected chi connectivity index (χ1v) is 9.48. The molecule has 4 rings (SSSR count). The first-order valence-electron chi connectivity index (χ1n) is 9.48. The van der Waals surface area contributed by atoms with Crippen molar-refractivity contribution in [2.45, 2.75) is 18.6 Å². The van der Waals surface area contributed by atoms with E-state index >= 15 is 0 Å². The van der Waals surface area contributed by atoms with Crippen LogP contribution in [0.2, 0.25) is 0 Å². The van der Waals surface area contributed by atoms with Crippen molar-refractivity contribution in [2.75, 3.05) is 19.6 Å². The molecule has 1 aliphatic heterocycles. The van der Waals surface area contributed by atoms with Crippen molar-refractivity contribution in [1.82, 2.24) is 20.2 Å². The number of imidazole rings is 1. The number of nitrogens with one attached hydrogen (secondary N) is 2. The van der Waals surface area contributed by atoms with E-state index in [2.05, 4.69) is 39.9 Å². The Morgan fingerprint density at radius 2 is 1.86 bits per heavy atom. The maximum Gasteiger partial charge on any atom is 0.251 e. The Hall–Kier alpha value is -2.96. The number of aromatic nitrogens is 2. The zero-order chi connectivity index (χ0) is 19.4. The summed E-state index contributed by atoms with van der Waals surface area (Å²) in [6, 6.07) is 15.9. The largest absolute Gasteiger partial charge is 0.387 e. The number of nitrogens with zero attached hydrogens (tertiary/aromatic N) is 2. The topological polar surface area (TPSA) is 79.2 Å². The third-order valence-corrected chi connectivity index (χ3v) is 5.16. The Balaban J connectivity index is 1.37. The minimum absolute atomic E-state index is 0.164. The van der Waals surface area contributed by atoms with Gasteiger partial charge in [-0.15, -0.1) is 0 Å². The highest BCUT2D eigenvalue weighted by Crippen LogP contribution is 2.21. The number of carbonyl (C=O) groups excluding carboxylic acids is 1. The van der Waals surface area contributed by atoms with Crippen LogP contribution in [0.4, 0.5) is 0 Å². The highest BCUT2D eigenvalue weighted by atomic mass is 16.3. The monoisotopic (exact) mass is 376 g/mol. The third kappa shape index (κ3) is 4.30. The van der Waals surface area contributed by atoms with Crippen LogP contribution in [0, 0.1) is 0 Å². The van der Waals surface area contributed by atoms with Gasteiger partial charge in [0.05, 0.1) is 11.9 Å². The molecule has 0 saturated carbocycles. The van der Waals surface area contributed by atoms with Gasteiger partial charge in [0.2, 0.25) is 0 Å². The fourth-order valence-corrected chi connectivity index (χ4v) is 3.44. The molecule has 1 atom stereocenters. The number of hydrogen-bond donors (Lipinski definition) is 3. The van der Waals surface area contributed by atoms with Crippen LogP contribution in [0.5, 0.6) is 0 Å². The number of amides is 1. The van der Waals surface area contributed by atoms with Crippen molar-refractivity contribution >= 4 is 5.91 Å². The highest BCUT2D eigenvalue weighted by Gasteiger charge is 2.31. The zero-order valence-corrected chi connectivity index (χ0v) is 15.6. The minimum atomic E-state index is -0.839. The van der Waals surface area contributed by atoms with Crippen LogP contribution in [0.25, 0.3) is 11.1 Å². The number of carbonyl (C=O) groups is 1. The van der Waals surface area contributed by atoms with Gasteiger partial charge in [0.1, 0.15) is 0 Å². The second-order valence-corrected chi connectivity index (χ2v) is 7.34. The number of hydrogen-bond acceptors (Lipinski definition) is 4. The van der Waals surface area contributed by atoms with E-state index < -0.39 is 5.60 Å². The lowest BCUT2D eigenvalue weighted by Gasteiger charge is -2.21. The summed E-state index contributed by atoms with van der Waals surface area (Å²) in [5.74, 6) is -0.164. The van der Waals surface area contributed by atoms with Crippen molar-refractivity contribution < 1.29 is 9.90 Å². The molecule has 6 nitrogen and oxygen atoms in total. The summed E-state index contributed by atoms with van der Waals surface area (Å²) in [6.07, 6.45) is 6.18. The Labute approximate surface area is 164 Å². The van der Waals surface area contributed by atoms with Gasteiger partial charge in [0.15, 0.2) is 0 Å². The van der Waals surface area contributed by atoms with E-state index in [1.165, 1.54) is 5.56 Å². The molecule has 1 aromatic heterocycles. The molecule has 2 heterocycles. The molecule has 1 amide bonds. The molecule has 28 heavy (non-hydrogen) atoms. The molecular formula is C22H24N4O2. The van der Waals surface area contributed by atoms with Crippen LogP contribution in [0.15, 0.2) is 67.3 Å². The first-order chi connectivity index (χ1) is 13.6. The van der Waals surface area contributed by atoms with E-state index in [1.54, 1.807) is 12.5 Å². The summed E-state index contributed by atoms with van der Waals surface area (Å²) in [6.45, 7) is 2.35. The van der Waals surface area contributed by atoms with Crippen LogP contribution >= 0.6 is 0 Å². The van der Waals surface area contributed by atoms with Gasteiger partial charge in [-0.3, -0.25) is 4.79 Å². The summed E-state index contributed by atoms with van der Waals surface area (Å²) in [5.41, 5.74) is 3.12. The van der Waals surface area contributed by atoms with Crippen LogP contribution in [-0.4, -0.2) is 45.8 Å². The fraction of sp³-hybridized carbons (Fsp3) is 0.273. The standard InChI is InChI=1S/C22H24N4O2/c27-21(25-15-22(28)9-10-23-14-22)20-7-5-19(6-8-20)18-3-1-17(2-4-18)13-26-12-11-24-16-26/h1-8,11-12,16,23,28H,9-10,13-15H2,(H,25,27)/t22-/m1/s1. The summed E-state index contributed by atoms with van der Waals surface area (Å²) in [5, 5.41) is 16.2. The Morgan fingerprint density at radius 3 is 2.46 bits per heavy atom. The molecule has 1 saturated heterocycles. The molecule has 3 N–H and O–H groups in total. The van der Waals surface area contributed by atoms with Gasteiger partial charge >= 0.3 is 0 Å². The normalized spacial score (nSPS) is 18.9. The van der Waals surface area contributed by atoms with E-state index in [1.807, 2.05) is 35.0 Å². The number of benzene rings is 2. The lowest BCUT2D eigenvalue weighted by Crippen LogP contribution is -2.44. The van der Waals surface area contributed by atoms with Crippen molar-refractivity contribution in [3.8, 4) is 11.1 Å². The van der Waals surface area contributed by atoms with Crippen molar-refractivity contribution in [3.63, 3.8) is 0 Å². The second-order valence-electron chi connectivity index (χ2n) is 7.34. The quantitative estimate of drug-likeness (QED) is 0.615. The summed E-state index contributed by atoms with van der Waals surface area (Å²) >= 11 is 0. The number of aliphatic hydroxyl groups is 1. The lowest BCUT2D eigenvalue weighted by atomic mass is 10.0. The smallest absolute Gasteiger partial charge is 0.251 e. The van der Waals surface area contributed by atoms with Crippen molar-refractivity contribution in [3.05, 3.63) is 78.4 Å². The van der Waals surface area contributed by atoms with Gasteiger partial charge in [-0.05, 0) is 41.8 Å². The average molecular weight is 376 g/mol.